The van der Waals surface area contributed by atoms with Gasteiger partial charge in [0.15, 0.2) is 0 Å². The maximum absolute atomic E-state index is 13.7. The van der Waals surface area contributed by atoms with Gasteiger partial charge in [0.05, 0.1) is 36.6 Å². The highest BCUT2D eigenvalue weighted by atomic mass is 16.5. The summed E-state index contributed by atoms with van der Waals surface area (Å²) in [6.07, 6.45) is 6.70. The molecule has 2 bridgehead atoms. The molecule has 1 aliphatic carbocycles. The van der Waals surface area contributed by atoms with E-state index in [0.29, 0.717) is 6.42 Å². The number of fused-ring (bicyclic) bond motifs is 2. The number of nitrogens with one attached hydrogen (secondary N) is 2. The number of ketones is 2. The fraction of sp³-hybridized carbons (Fsp3) is 0.500. The lowest BCUT2D eigenvalue weighted by molar-refractivity contribution is -0.120. The summed E-state index contributed by atoms with van der Waals surface area (Å²) >= 11 is 0. The molecule has 8 heteroatoms. The maximum Gasteiger partial charge on any atom is 0.251 e. The van der Waals surface area contributed by atoms with Crippen LogP contribution in [-0.2, 0) is 23.9 Å². The topological polar surface area (TPSA) is 114 Å². The van der Waals surface area contributed by atoms with Crippen molar-refractivity contribution in [1.29, 1.82) is 0 Å². The molecule has 2 rings (SSSR count). The summed E-state index contributed by atoms with van der Waals surface area (Å²) in [6.45, 7) is 3.21. The number of allylic oxidation sites excluding steroid dienone is 4. The molecule has 5 atom stereocenters. The SMILES string of the molecule is [2H]C([2H])=C([2H])C([2H])([2H])NC1=C2C[C@@H](C)C[C@H](OC)[C@H](O)[C@@H](C)/C=C(\C)C[C@H](OC)/C=C\C=C(/C)C(=O)NC(=CC1=O)C2=O. The Hall–Kier alpha value is -3.07. The standard InChI is InChI=1S/C30H42N2O6/c1-8-12-31-27-23-15-19(3)16-26(38-7)28(34)21(5)13-18(2)14-22(37-6)11-9-10-20(4)30(36)32-24(29(23)35)17-25(27)33/h8-11,13,17,19,21-22,26,28,31,34H,1,12,14-16H2,2-7H3,(H,32,36)/b11-9-,18-13+,20-10+/t19-,21+,22-,26+,28-/m1/s1/i1D2,8D,12D2. The van der Waals surface area contributed by atoms with Crippen LogP contribution < -0.4 is 10.6 Å². The zero-order chi connectivity index (χ0) is 32.6. The predicted molar refractivity (Wildman–Crippen MR) is 148 cm³/mol. The second-order valence-electron chi connectivity index (χ2n) is 9.83. The van der Waals surface area contributed by atoms with Crippen LogP contribution in [0.15, 0.2) is 71.1 Å². The Morgan fingerprint density at radius 1 is 1.26 bits per heavy atom. The van der Waals surface area contributed by atoms with Crippen LogP contribution in [0.5, 0.6) is 0 Å². The van der Waals surface area contributed by atoms with Crippen LogP contribution in [0.3, 0.4) is 0 Å². The molecule has 0 aromatic carbocycles. The summed E-state index contributed by atoms with van der Waals surface area (Å²) in [5.74, 6) is -2.85. The number of rotatable bonds is 5. The first-order valence-corrected chi connectivity index (χ1v) is 12.6. The van der Waals surface area contributed by atoms with Crippen LogP contribution in [0.25, 0.3) is 0 Å². The highest BCUT2D eigenvalue weighted by Crippen LogP contribution is 2.28. The van der Waals surface area contributed by atoms with E-state index in [1.165, 1.54) is 7.11 Å². The molecule has 0 fully saturated rings. The number of carbonyl (C=O) groups excluding carboxylic acids is 3. The number of amides is 1. The molecule has 0 aromatic heterocycles. The van der Waals surface area contributed by atoms with Gasteiger partial charge in [-0.05, 0) is 39.0 Å². The fourth-order valence-electron chi connectivity index (χ4n) is 4.54. The van der Waals surface area contributed by atoms with Gasteiger partial charge >= 0.3 is 0 Å². The van der Waals surface area contributed by atoms with Crippen molar-refractivity contribution in [2.75, 3.05) is 20.7 Å². The molecule has 8 nitrogen and oxygen atoms in total. The van der Waals surface area contributed by atoms with Crippen LogP contribution in [0, 0.1) is 11.8 Å². The first-order valence-electron chi connectivity index (χ1n) is 15.1. The number of Topliss-reactive ketones (excluding diaryl/α,β-unsaturated/α-hetero) is 1. The number of hydrogen-bond acceptors (Lipinski definition) is 7. The summed E-state index contributed by atoms with van der Waals surface area (Å²) in [4.78, 5) is 39.8. The maximum atomic E-state index is 13.7. The Labute approximate surface area is 233 Å². The molecule has 2 aliphatic rings. The smallest absolute Gasteiger partial charge is 0.251 e. The molecule has 0 unspecified atom stereocenters. The molecule has 208 valence electrons. The van der Waals surface area contributed by atoms with Gasteiger partial charge in [-0.1, -0.05) is 49.8 Å². The van der Waals surface area contributed by atoms with Crippen molar-refractivity contribution in [2.24, 2.45) is 11.8 Å². The summed E-state index contributed by atoms with van der Waals surface area (Å²) in [7, 11) is 3.04. The van der Waals surface area contributed by atoms with E-state index in [1.54, 1.807) is 39.2 Å². The quantitative estimate of drug-likeness (QED) is 0.368. The number of methoxy groups -OCH3 is 2. The van der Waals surface area contributed by atoms with Crippen molar-refractivity contribution in [3.05, 3.63) is 71.1 Å². The molecule has 38 heavy (non-hydrogen) atoms. The summed E-state index contributed by atoms with van der Waals surface area (Å²) in [5.41, 5.74) is 0.359. The Morgan fingerprint density at radius 3 is 2.66 bits per heavy atom. The zero-order valence-electron chi connectivity index (χ0n) is 27.9. The molecule has 0 spiro atoms. The van der Waals surface area contributed by atoms with Gasteiger partial charge in [0.25, 0.3) is 5.91 Å². The largest absolute Gasteiger partial charge is 0.390 e. The van der Waals surface area contributed by atoms with Crippen molar-refractivity contribution >= 4 is 17.5 Å². The van der Waals surface area contributed by atoms with E-state index in [1.807, 2.05) is 19.9 Å². The number of carbonyl (C=O) groups is 3. The van der Waals surface area contributed by atoms with Crippen LogP contribution in [0.1, 0.15) is 53.8 Å². The lowest BCUT2D eigenvalue weighted by Crippen LogP contribution is -2.37. The van der Waals surface area contributed by atoms with E-state index in [-0.39, 0.29) is 47.6 Å². The third kappa shape index (κ3) is 8.48. The van der Waals surface area contributed by atoms with Crippen molar-refractivity contribution in [1.82, 2.24) is 10.6 Å². The van der Waals surface area contributed by atoms with E-state index in [9.17, 15) is 19.5 Å². The van der Waals surface area contributed by atoms with Gasteiger partial charge in [0.2, 0.25) is 11.6 Å². The van der Waals surface area contributed by atoms with Gasteiger partial charge in [0.1, 0.15) is 0 Å². The Balaban J connectivity index is 2.63. The van der Waals surface area contributed by atoms with Gasteiger partial charge in [-0.2, -0.15) is 0 Å². The second-order valence-corrected chi connectivity index (χ2v) is 9.83. The van der Waals surface area contributed by atoms with Crippen LogP contribution >= 0.6 is 0 Å². The zero-order valence-corrected chi connectivity index (χ0v) is 22.9. The third-order valence-electron chi connectivity index (χ3n) is 6.65. The van der Waals surface area contributed by atoms with E-state index < -0.39 is 54.5 Å². The molecule has 3 N–H and O–H groups in total. The highest BCUT2D eigenvalue weighted by molar-refractivity contribution is 6.23. The normalized spacial score (nSPS) is 34.1. The van der Waals surface area contributed by atoms with E-state index >= 15 is 0 Å². The summed E-state index contributed by atoms with van der Waals surface area (Å²) in [6, 6.07) is -1.03. The number of ether oxygens (including phenoxy) is 2. The average molecular weight is 532 g/mol. The van der Waals surface area contributed by atoms with Gasteiger partial charge < -0.3 is 25.2 Å². The Kier molecular flexibility index (Phi) is 9.32. The Bertz CT molecular complexity index is 1280. The number of aliphatic hydroxyl groups is 1. The first-order chi connectivity index (χ1) is 20.0. The molecule has 0 saturated heterocycles. The van der Waals surface area contributed by atoms with Crippen molar-refractivity contribution in [3.8, 4) is 0 Å². The lowest BCUT2D eigenvalue weighted by Gasteiger charge is -2.29. The van der Waals surface area contributed by atoms with E-state index in [0.717, 1.165) is 11.6 Å². The summed E-state index contributed by atoms with van der Waals surface area (Å²) in [5, 5.41) is 15.9. The molecule has 1 amide bonds. The molecule has 0 radical (unpaired) electrons. The monoisotopic (exact) mass is 531 g/mol. The van der Waals surface area contributed by atoms with Crippen molar-refractivity contribution in [2.45, 2.75) is 65.3 Å². The molecule has 1 aliphatic heterocycles. The minimum Gasteiger partial charge on any atom is -0.390 e. The van der Waals surface area contributed by atoms with Crippen LogP contribution in [0.2, 0.25) is 0 Å². The van der Waals surface area contributed by atoms with Gasteiger partial charge in [0, 0.05) is 43.9 Å². The van der Waals surface area contributed by atoms with E-state index in [2.05, 4.69) is 10.6 Å². The highest BCUT2D eigenvalue weighted by Gasteiger charge is 2.32. The predicted octanol–water partition coefficient (Wildman–Crippen LogP) is 3.46. The molecular formula is C30H42N2O6. The second kappa shape index (κ2) is 14.8. The van der Waals surface area contributed by atoms with Crippen molar-refractivity contribution in [3.63, 3.8) is 0 Å². The van der Waals surface area contributed by atoms with E-state index in [4.69, 9.17) is 16.3 Å². The molecule has 1 heterocycles. The van der Waals surface area contributed by atoms with Crippen molar-refractivity contribution < 1.29 is 35.8 Å². The van der Waals surface area contributed by atoms with Gasteiger partial charge in [-0.25, -0.2) is 0 Å². The first kappa shape index (κ1) is 24.0. The van der Waals surface area contributed by atoms with Crippen LogP contribution in [-0.4, -0.2) is 61.6 Å². The summed E-state index contributed by atoms with van der Waals surface area (Å²) < 4.78 is 49.9. The fourth-order valence-corrected chi connectivity index (χ4v) is 4.54. The Morgan fingerprint density at radius 2 is 2.00 bits per heavy atom. The third-order valence-corrected chi connectivity index (χ3v) is 6.65. The van der Waals surface area contributed by atoms with Crippen LogP contribution in [0.4, 0.5) is 0 Å². The van der Waals surface area contributed by atoms with Gasteiger partial charge in [-0.15, -0.1) is 6.53 Å². The minimum atomic E-state index is -2.81. The average Bonchev–Trinajstić information content (AvgIpc) is 2.93. The number of hydrogen-bond donors (Lipinski definition) is 3. The van der Waals surface area contributed by atoms with Gasteiger partial charge in [-0.3, -0.25) is 14.4 Å². The molecular weight excluding hydrogens is 484 g/mol. The molecule has 0 aromatic rings. The number of aliphatic hydroxyl groups excluding tert-OH is 1. The minimum absolute atomic E-state index is 0.0647. The lowest BCUT2D eigenvalue weighted by atomic mass is 9.85. The molecule has 0 saturated carbocycles.